The van der Waals surface area contributed by atoms with Gasteiger partial charge in [0.05, 0.1) is 14.2 Å². The maximum absolute atomic E-state index is 13.0. The second-order valence-electron chi connectivity index (χ2n) is 7.88. The van der Waals surface area contributed by atoms with Gasteiger partial charge in [0.2, 0.25) is 11.1 Å². The van der Waals surface area contributed by atoms with Gasteiger partial charge >= 0.3 is 0 Å². The molecule has 0 bridgehead atoms. The standard InChI is InChI=1S/C23H30N4O3S/c1-4-5-6-7-13-31-23-25-22-24-16-9-8-10-17(28)20(16)21(27(22)26-23)15-11-12-18(29-2)19(14-15)30-3/h11-12,14,21H,4-10,13H2,1-3H3,(H,24,25,26). The lowest BCUT2D eigenvalue weighted by atomic mass is 9.85. The Morgan fingerprint density at radius 2 is 2.00 bits per heavy atom. The van der Waals surface area contributed by atoms with E-state index in [1.54, 1.807) is 26.0 Å². The fourth-order valence-corrected chi connectivity index (χ4v) is 5.05. The number of ketones is 1. The summed E-state index contributed by atoms with van der Waals surface area (Å²) in [6.45, 7) is 2.22. The zero-order valence-corrected chi connectivity index (χ0v) is 19.3. The topological polar surface area (TPSA) is 78.3 Å². The summed E-state index contributed by atoms with van der Waals surface area (Å²) in [7, 11) is 3.24. The van der Waals surface area contributed by atoms with Gasteiger partial charge in [-0.3, -0.25) is 4.79 Å². The maximum Gasteiger partial charge on any atom is 0.227 e. The average molecular weight is 443 g/mol. The Morgan fingerprint density at radius 3 is 2.77 bits per heavy atom. The van der Waals surface area contributed by atoms with E-state index in [9.17, 15) is 4.79 Å². The number of methoxy groups -OCH3 is 2. The van der Waals surface area contributed by atoms with Gasteiger partial charge in [-0.05, 0) is 37.0 Å². The number of benzene rings is 1. The largest absolute Gasteiger partial charge is 0.493 e. The summed E-state index contributed by atoms with van der Waals surface area (Å²) >= 11 is 1.68. The van der Waals surface area contributed by atoms with Crippen molar-refractivity contribution >= 4 is 23.5 Å². The second kappa shape index (κ2) is 9.77. The molecule has 7 nitrogen and oxygen atoms in total. The number of anilines is 1. The van der Waals surface area contributed by atoms with E-state index in [2.05, 4.69) is 12.2 Å². The molecule has 166 valence electrons. The number of hydrogen-bond donors (Lipinski definition) is 1. The van der Waals surface area contributed by atoms with Gasteiger partial charge in [-0.25, -0.2) is 4.68 Å². The quantitative estimate of drug-likeness (QED) is 0.433. The van der Waals surface area contributed by atoms with Crippen LogP contribution in [-0.4, -0.2) is 40.5 Å². The van der Waals surface area contributed by atoms with Crippen LogP contribution in [0.4, 0.5) is 5.95 Å². The Balaban J connectivity index is 1.68. The van der Waals surface area contributed by atoms with Gasteiger partial charge in [0, 0.05) is 23.4 Å². The van der Waals surface area contributed by atoms with Gasteiger partial charge in [0.25, 0.3) is 0 Å². The molecule has 4 rings (SSSR count). The average Bonchev–Trinajstić information content (AvgIpc) is 3.19. The fraction of sp³-hybridized carbons (Fsp3) is 0.522. The Kier molecular flexibility index (Phi) is 6.85. The van der Waals surface area contributed by atoms with Crippen LogP contribution in [0.15, 0.2) is 34.6 Å². The van der Waals surface area contributed by atoms with Crippen LogP contribution in [0.25, 0.3) is 0 Å². The van der Waals surface area contributed by atoms with E-state index >= 15 is 0 Å². The number of carbonyl (C=O) groups excluding carboxylic acids is 1. The molecule has 0 fully saturated rings. The Bertz CT molecular complexity index is 985. The fourth-order valence-electron chi connectivity index (χ4n) is 4.22. The number of Topliss-reactive ketones (excluding diaryl/α,β-unsaturated/α-hetero) is 1. The van der Waals surface area contributed by atoms with Gasteiger partial charge in [-0.2, -0.15) is 4.98 Å². The van der Waals surface area contributed by atoms with Gasteiger partial charge in [-0.15, -0.1) is 5.10 Å². The summed E-state index contributed by atoms with van der Waals surface area (Å²) in [6, 6.07) is 5.47. The minimum atomic E-state index is -0.319. The van der Waals surface area contributed by atoms with Crippen molar-refractivity contribution in [2.45, 2.75) is 63.1 Å². The maximum atomic E-state index is 13.0. The van der Waals surface area contributed by atoms with E-state index < -0.39 is 0 Å². The zero-order chi connectivity index (χ0) is 21.8. The minimum Gasteiger partial charge on any atom is -0.493 e. The number of nitrogens with zero attached hydrogens (tertiary/aromatic N) is 3. The molecule has 0 amide bonds. The van der Waals surface area contributed by atoms with E-state index in [1.165, 1.54) is 19.3 Å². The first-order valence-electron chi connectivity index (χ1n) is 11.0. The number of fused-ring (bicyclic) bond motifs is 1. The molecule has 2 aliphatic rings. The molecule has 0 radical (unpaired) electrons. The molecule has 1 aliphatic heterocycles. The lowest BCUT2D eigenvalue weighted by Crippen LogP contribution is -2.31. The molecular weight excluding hydrogens is 412 g/mol. The van der Waals surface area contributed by atoms with Crippen LogP contribution in [0, 0.1) is 0 Å². The molecule has 31 heavy (non-hydrogen) atoms. The molecule has 8 heteroatoms. The lowest BCUT2D eigenvalue weighted by molar-refractivity contribution is -0.116. The smallest absolute Gasteiger partial charge is 0.227 e. The molecule has 2 heterocycles. The molecule has 1 N–H and O–H groups in total. The van der Waals surface area contributed by atoms with Crippen LogP contribution in [0.2, 0.25) is 0 Å². The van der Waals surface area contributed by atoms with Crippen LogP contribution in [0.1, 0.15) is 63.5 Å². The SMILES string of the molecule is CCCCCCSc1nc2n(n1)C(c1ccc(OC)c(OC)c1)C1=C(CCCC1=O)N2. The van der Waals surface area contributed by atoms with E-state index in [0.29, 0.717) is 23.9 Å². The van der Waals surface area contributed by atoms with Gasteiger partial charge in [-0.1, -0.05) is 44.0 Å². The number of aromatic nitrogens is 3. The number of nitrogens with one attached hydrogen (secondary N) is 1. The highest BCUT2D eigenvalue weighted by atomic mass is 32.2. The summed E-state index contributed by atoms with van der Waals surface area (Å²) in [5, 5.41) is 8.93. The predicted octanol–water partition coefficient (Wildman–Crippen LogP) is 4.99. The number of rotatable bonds is 9. The Morgan fingerprint density at radius 1 is 1.16 bits per heavy atom. The number of unbranched alkanes of at least 4 members (excludes halogenated alkanes) is 3. The molecule has 0 spiro atoms. The highest BCUT2D eigenvalue weighted by molar-refractivity contribution is 7.99. The van der Waals surface area contributed by atoms with Crippen molar-refractivity contribution in [3.63, 3.8) is 0 Å². The molecule has 1 unspecified atom stereocenters. The highest BCUT2D eigenvalue weighted by Gasteiger charge is 2.37. The summed E-state index contributed by atoms with van der Waals surface area (Å²) in [4.78, 5) is 17.7. The number of hydrogen-bond acceptors (Lipinski definition) is 7. The molecule has 1 aliphatic carbocycles. The van der Waals surface area contributed by atoms with Crippen molar-refractivity contribution in [2.24, 2.45) is 0 Å². The first-order chi connectivity index (χ1) is 15.2. The van der Waals surface area contributed by atoms with Gasteiger partial charge in [0.1, 0.15) is 6.04 Å². The normalized spacial score (nSPS) is 17.8. The van der Waals surface area contributed by atoms with Crippen LogP contribution in [0.5, 0.6) is 11.5 Å². The van der Waals surface area contributed by atoms with Crippen LogP contribution in [0.3, 0.4) is 0 Å². The van der Waals surface area contributed by atoms with Crippen molar-refractivity contribution < 1.29 is 14.3 Å². The third-order valence-electron chi connectivity index (χ3n) is 5.80. The van der Waals surface area contributed by atoms with Crippen LogP contribution < -0.4 is 14.8 Å². The minimum absolute atomic E-state index is 0.170. The van der Waals surface area contributed by atoms with Crippen molar-refractivity contribution in [1.82, 2.24) is 14.8 Å². The van der Waals surface area contributed by atoms with Crippen LogP contribution >= 0.6 is 11.8 Å². The number of thioether (sulfide) groups is 1. The zero-order valence-electron chi connectivity index (χ0n) is 18.4. The van der Waals surface area contributed by atoms with Gasteiger partial charge in [0.15, 0.2) is 17.3 Å². The molecule has 2 aromatic rings. The summed E-state index contributed by atoms with van der Waals surface area (Å²) in [5.41, 5.74) is 2.69. The number of allylic oxidation sites excluding steroid dienone is 2. The third-order valence-corrected chi connectivity index (χ3v) is 6.72. The van der Waals surface area contributed by atoms with Gasteiger partial charge < -0.3 is 14.8 Å². The molecule has 1 aromatic heterocycles. The lowest BCUT2D eigenvalue weighted by Gasteiger charge is -2.32. The summed E-state index contributed by atoms with van der Waals surface area (Å²) < 4.78 is 12.8. The molecule has 0 saturated carbocycles. The highest BCUT2D eigenvalue weighted by Crippen LogP contribution is 2.42. The van der Waals surface area contributed by atoms with Crippen molar-refractivity contribution in [3.05, 3.63) is 35.0 Å². The van der Waals surface area contributed by atoms with Crippen molar-refractivity contribution in [1.29, 1.82) is 0 Å². The van der Waals surface area contributed by atoms with E-state index in [1.807, 2.05) is 22.9 Å². The first kappa shape index (κ1) is 21.7. The number of ether oxygens (including phenoxy) is 2. The molecule has 0 saturated heterocycles. The third kappa shape index (κ3) is 4.44. The van der Waals surface area contributed by atoms with Crippen molar-refractivity contribution in [3.8, 4) is 11.5 Å². The van der Waals surface area contributed by atoms with E-state index in [4.69, 9.17) is 19.6 Å². The van der Waals surface area contributed by atoms with Crippen LogP contribution in [-0.2, 0) is 4.79 Å². The van der Waals surface area contributed by atoms with E-state index in [-0.39, 0.29) is 11.8 Å². The monoisotopic (exact) mass is 442 g/mol. The molecular formula is C23H30N4O3S. The molecule has 1 atom stereocenters. The summed E-state index contributed by atoms with van der Waals surface area (Å²) in [6.07, 6.45) is 7.14. The Labute approximate surface area is 187 Å². The van der Waals surface area contributed by atoms with Crippen molar-refractivity contribution in [2.75, 3.05) is 25.3 Å². The number of carbonyl (C=O) groups is 1. The Hall–Kier alpha value is -2.48. The molecule has 1 aromatic carbocycles. The van der Waals surface area contributed by atoms with E-state index in [0.717, 1.165) is 47.0 Å². The first-order valence-corrected chi connectivity index (χ1v) is 12.0. The summed E-state index contributed by atoms with van der Waals surface area (Å²) in [5.74, 6) is 3.16. The second-order valence-corrected chi connectivity index (χ2v) is 8.94. The predicted molar refractivity (Wildman–Crippen MR) is 122 cm³/mol.